The molecular formula is C29H25Cl2N5O2. The Balaban J connectivity index is 1.77. The summed E-state index contributed by atoms with van der Waals surface area (Å²) >= 11 is 12.7. The summed E-state index contributed by atoms with van der Waals surface area (Å²) < 4.78 is 7.48. The van der Waals surface area contributed by atoms with E-state index in [0.29, 0.717) is 39.2 Å². The molecule has 1 aliphatic rings. The number of hydrogen-bond donors (Lipinski definition) is 0. The van der Waals surface area contributed by atoms with Gasteiger partial charge in [-0.05, 0) is 62.7 Å². The largest absolute Gasteiger partial charge is 0.496 e. The second kappa shape index (κ2) is 9.46. The van der Waals surface area contributed by atoms with E-state index in [1.54, 1.807) is 54.2 Å². The van der Waals surface area contributed by atoms with Crippen molar-refractivity contribution in [3.8, 4) is 39.9 Å². The minimum atomic E-state index is -0.395. The van der Waals surface area contributed by atoms with Gasteiger partial charge < -0.3 is 9.64 Å². The Morgan fingerprint density at radius 1 is 1.08 bits per heavy atom. The summed E-state index contributed by atoms with van der Waals surface area (Å²) in [6, 6.07) is 13.1. The van der Waals surface area contributed by atoms with Crippen molar-refractivity contribution in [2.75, 3.05) is 14.2 Å². The summed E-state index contributed by atoms with van der Waals surface area (Å²) in [7, 11) is 3.39. The molecule has 0 saturated heterocycles. The number of nitrogens with zero attached hydrogens (tertiary/aromatic N) is 5. The van der Waals surface area contributed by atoms with Crippen LogP contribution in [0.1, 0.15) is 48.0 Å². The molecule has 2 aromatic heterocycles. The van der Waals surface area contributed by atoms with Crippen molar-refractivity contribution in [3.05, 3.63) is 81.2 Å². The van der Waals surface area contributed by atoms with Gasteiger partial charge >= 0.3 is 0 Å². The first kappa shape index (κ1) is 25.8. The molecule has 0 radical (unpaired) electrons. The van der Waals surface area contributed by atoms with E-state index in [9.17, 15) is 10.1 Å². The SMILES string of the molecule is COc1cc2c(cc1-c1cncc(C#N)c1)-c1c(c(C(=O)N(C)C(C)(C)C)nn1-c1cc(Cl)cc(Cl)c1)C2. The highest BCUT2D eigenvalue weighted by Crippen LogP contribution is 2.45. The molecule has 0 saturated carbocycles. The van der Waals surface area contributed by atoms with Crippen LogP contribution in [-0.4, -0.2) is 45.3 Å². The summed E-state index contributed by atoms with van der Waals surface area (Å²) in [5.41, 5.74) is 6.11. The van der Waals surface area contributed by atoms with Crippen LogP contribution in [0.3, 0.4) is 0 Å². The van der Waals surface area contributed by atoms with Crippen molar-refractivity contribution in [1.29, 1.82) is 5.26 Å². The number of ether oxygens (including phenoxy) is 1. The predicted octanol–water partition coefficient (Wildman–Crippen LogP) is 6.56. The van der Waals surface area contributed by atoms with Gasteiger partial charge in [-0.25, -0.2) is 4.68 Å². The van der Waals surface area contributed by atoms with Crippen LogP contribution in [0.4, 0.5) is 0 Å². The molecule has 38 heavy (non-hydrogen) atoms. The van der Waals surface area contributed by atoms with Crippen LogP contribution in [-0.2, 0) is 6.42 Å². The number of amides is 1. The molecule has 1 aliphatic carbocycles. The Labute approximate surface area is 231 Å². The lowest BCUT2D eigenvalue weighted by molar-refractivity contribution is 0.0648. The Bertz CT molecular complexity index is 1630. The Hall–Kier alpha value is -3.86. The number of halogens is 2. The molecule has 0 bridgehead atoms. The van der Waals surface area contributed by atoms with E-state index < -0.39 is 5.54 Å². The Kier molecular flexibility index (Phi) is 6.42. The van der Waals surface area contributed by atoms with Gasteiger partial charge in [0.05, 0.1) is 24.1 Å². The first-order valence-corrected chi connectivity index (χ1v) is 12.7. The number of nitriles is 1. The van der Waals surface area contributed by atoms with E-state index in [-0.39, 0.29) is 5.91 Å². The lowest BCUT2D eigenvalue weighted by atomic mass is 9.99. The van der Waals surface area contributed by atoms with Crippen molar-refractivity contribution in [1.82, 2.24) is 19.7 Å². The molecule has 5 rings (SSSR count). The van der Waals surface area contributed by atoms with Crippen LogP contribution in [0.5, 0.6) is 5.75 Å². The molecule has 0 aliphatic heterocycles. The van der Waals surface area contributed by atoms with Gasteiger partial charge in [0.2, 0.25) is 0 Å². The van der Waals surface area contributed by atoms with E-state index >= 15 is 0 Å². The number of benzene rings is 2. The summed E-state index contributed by atoms with van der Waals surface area (Å²) in [5.74, 6) is 0.474. The van der Waals surface area contributed by atoms with Crippen molar-refractivity contribution < 1.29 is 9.53 Å². The van der Waals surface area contributed by atoms with Crippen LogP contribution in [0.25, 0.3) is 28.1 Å². The fourth-order valence-electron chi connectivity index (χ4n) is 4.60. The summed E-state index contributed by atoms with van der Waals surface area (Å²) in [6.07, 6.45) is 3.72. The molecular weight excluding hydrogens is 521 g/mol. The maximum atomic E-state index is 13.7. The number of aromatic nitrogens is 3. The van der Waals surface area contributed by atoms with Gasteiger partial charge in [0.1, 0.15) is 11.8 Å². The molecule has 9 heteroatoms. The Morgan fingerprint density at radius 2 is 1.79 bits per heavy atom. The maximum absolute atomic E-state index is 13.7. The second-order valence-electron chi connectivity index (χ2n) is 10.2. The van der Waals surface area contributed by atoms with Gasteiger partial charge in [-0.2, -0.15) is 10.4 Å². The molecule has 192 valence electrons. The smallest absolute Gasteiger partial charge is 0.274 e. The molecule has 0 atom stereocenters. The van der Waals surface area contributed by atoms with Gasteiger partial charge in [0, 0.05) is 63.7 Å². The van der Waals surface area contributed by atoms with Gasteiger partial charge in [0.25, 0.3) is 5.91 Å². The molecule has 2 aromatic carbocycles. The summed E-state index contributed by atoms with van der Waals surface area (Å²) in [4.78, 5) is 19.6. The molecule has 1 amide bonds. The lowest BCUT2D eigenvalue weighted by Crippen LogP contribution is -2.43. The second-order valence-corrected chi connectivity index (χ2v) is 11.1. The van der Waals surface area contributed by atoms with Crippen molar-refractivity contribution in [2.24, 2.45) is 0 Å². The van der Waals surface area contributed by atoms with Crippen LogP contribution < -0.4 is 4.74 Å². The lowest BCUT2D eigenvalue weighted by Gasteiger charge is -2.31. The third-order valence-corrected chi connectivity index (χ3v) is 7.25. The van der Waals surface area contributed by atoms with Gasteiger partial charge in [-0.1, -0.05) is 23.2 Å². The fourth-order valence-corrected chi connectivity index (χ4v) is 5.11. The van der Waals surface area contributed by atoms with Crippen LogP contribution >= 0.6 is 23.2 Å². The highest BCUT2D eigenvalue weighted by molar-refractivity contribution is 6.34. The highest BCUT2D eigenvalue weighted by Gasteiger charge is 2.35. The standard InChI is InChI=1S/C29H25Cl2N5O2/c1-29(2,3)35(4)28(37)26-24-7-17-8-25(38-5)22(18-6-16(13-32)14-33-15-18)12-23(17)27(24)36(34-26)21-10-19(30)9-20(31)11-21/h6,8-12,14-15H,7H2,1-5H3. The van der Waals surface area contributed by atoms with E-state index in [1.807, 2.05) is 32.9 Å². The topological polar surface area (TPSA) is 84.0 Å². The molecule has 0 unspecified atom stereocenters. The van der Waals surface area contributed by atoms with Crippen LogP contribution in [0, 0.1) is 11.3 Å². The van der Waals surface area contributed by atoms with Gasteiger partial charge in [-0.15, -0.1) is 0 Å². The molecule has 7 nitrogen and oxygen atoms in total. The van der Waals surface area contributed by atoms with Crippen molar-refractivity contribution >= 4 is 29.1 Å². The zero-order chi connectivity index (χ0) is 27.4. The van der Waals surface area contributed by atoms with Gasteiger partial charge in [0.15, 0.2) is 5.69 Å². The summed E-state index contributed by atoms with van der Waals surface area (Å²) in [5, 5.41) is 15.1. The van der Waals surface area contributed by atoms with Gasteiger partial charge in [-0.3, -0.25) is 9.78 Å². The number of methoxy groups -OCH3 is 1. The first-order valence-electron chi connectivity index (χ1n) is 11.9. The van der Waals surface area contributed by atoms with E-state index in [4.69, 9.17) is 33.0 Å². The number of carbonyl (C=O) groups is 1. The first-order chi connectivity index (χ1) is 18.0. The normalized spacial score (nSPS) is 12.1. The number of hydrogen-bond acceptors (Lipinski definition) is 5. The molecule has 0 spiro atoms. The zero-order valence-corrected chi connectivity index (χ0v) is 23.1. The third-order valence-electron chi connectivity index (χ3n) is 6.81. The molecule has 0 N–H and O–H groups in total. The number of rotatable bonds is 4. The summed E-state index contributed by atoms with van der Waals surface area (Å²) in [6.45, 7) is 5.94. The van der Waals surface area contributed by atoms with E-state index in [0.717, 1.165) is 33.5 Å². The van der Waals surface area contributed by atoms with Crippen LogP contribution in [0.2, 0.25) is 10.0 Å². The Morgan fingerprint density at radius 3 is 2.42 bits per heavy atom. The van der Waals surface area contributed by atoms with Crippen molar-refractivity contribution in [3.63, 3.8) is 0 Å². The maximum Gasteiger partial charge on any atom is 0.274 e. The number of carbonyl (C=O) groups excluding carboxylic acids is 1. The van der Waals surface area contributed by atoms with E-state index in [2.05, 4.69) is 11.1 Å². The monoisotopic (exact) mass is 545 g/mol. The van der Waals surface area contributed by atoms with E-state index in [1.165, 1.54) is 6.20 Å². The molecule has 4 aromatic rings. The number of fused-ring (bicyclic) bond motifs is 3. The molecule has 2 heterocycles. The van der Waals surface area contributed by atoms with Crippen molar-refractivity contribution in [2.45, 2.75) is 32.7 Å². The quantitative estimate of drug-likeness (QED) is 0.255. The minimum absolute atomic E-state index is 0.174. The predicted molar refractivity (Wildman–Crippen MR) is 148 cm³/mol. The third kappa shape index (κ3) is 4.40. The molecule has 0 fully saturated rings. The average Bonchev–Trinajstić information content (AvgIpc) is 3.42. The number of pyridine rings is 1. The van der Waals surface area contributed by atoms with Crippen LogP contribution in [0.15, 0.2) is 48.8 Å². The zero-order valence-electron chi connectivity index (χ0n) is 21.6. The minimum Gasteiger partial charge on any atom is -0.496 e. The highest BCUT2D eigenvalue weighted by atomic mass is 35.5. The fraction of sp³-hybridized carbons (Fsp3) is 0.241. The average molecular weight is 546 g/mol.